The fourth-order valence-corrected chi connectivity index (χ4v) is 5.70. The SMILES string of the molecule is O=C(NC(CCO)C1CC1)C1C2CC3CC(C2)CC1C3. The van der Waals surface area contributed by atoms with E-state index in [4.69, 9.17) is 0 Å². The molecule has 3 nitrogen and oxygen atoms in total. The van der Waals surface area contributed by atoms with Crippen molar-refractivity contribution >= 4 is 5.91 Å². The zero-order chi connectivity index (χ0) is 13.7. The summed E-state index contributed by atoms with van der Waals surface area (Å²) in [7, 11) is 0. The van der Waals surface area contributed by atoms with Crippen LogP contribution in [0.15, 0.2) is 0 Å². The molecule has 0 aliphatic heterocycles. The first-order chi connectivity index (χ1) is 9.74. The van der Waals surface area contributed by atoms with Crippen molar-refractivity contribution in [1.82, 2.24) is 5.32 Å². The van der Waals surface area contributed by atoms with Gasteiger partial charge in [0.1, 0.15) is 0 Å². The van der Waals surface area contributed by atoms with Crippen molar-refractivity contribution < 1.29 is 9.90 Å². The van der Waals surface area contributed by atoms with E-state index >= 15 is 0 Å². The monoisotopic (exact) mass is 277 g/mol. The zero-order valence-corrected chi connectivity index (χ0v) is 12.3. The fraction of sp³-hybridized carbons (Fsp3) is 0.941. The van der Waals surface area contributed by atoms with Crippen LogP contribution in [0.3, 0.4) is 0 Å². The van der Waals surface area contributed by atoms with E-state index in [-0.39, 0.29) is 12.6 Å². The molecular weight excluding hydrogens is 250 g/mol. The van der Waals surface area contributed by atoms with Crippen molar-refractivity contribution in [2.24, 2.45) is 35.5 Å². The van der Waals surface area contributed by atoms with Crippen LogP contribution >= 0.6 is 0 Å². The third-order valence-corrected chi connectivity index (χ3v) is 6.49. The predicted molar refractivity (Wildman–Crippen MR) is 76.9 cm³/mol. The van der Waals surface area contributed by atoms with E-state index in [1.807, 2.05) is 0 Å². The van der Waals surface area contributed by atoms with Gasteiger partial charge in [0, 0.05) is 18.6 Å². The van der Waals surface area contributed by atoms with Gasteiger partial charge in [0.2, 0.25) is 5.91 Å². The second-order valence-corrected chi connectivity index (χ2v) is 7.92. The summed E-state index contributed by atoms with van der Waals surface area (Å²) in [5.41, 5.74) is 0. The van der Waals surface area contributed by atoms with Gasteiger partial charge in [0.25, 0.3) is 0 Å². The number of hydrogen-bond donors (Lipinski definition) is 2. The van der Waals surface area contributed by atoms with E-state index in [2.05, 4.69) is 5.32 Å². The van der Waals surface area contributed by atoms with E-state index in [9.17, 15) is 9.90 Å². The maximum atomic E-state index is 12.8. The third kappa shape index (κ3) is 2.28. The first-order valence-electron chi connectivity index (χ1n) is 8.65. The lowest BCUT2D eigenvalue weighted by Crippen LogP contribution is -2.52. The van der Waals surface area contributed by atoms with Gasteiger partial charge in [-0.05, 0) is 81.0 Å². The van der Waals surface area contributed by atoms with E-state index in [0.717, 1.165) is 18.3 Å². The minimum absolute atomic E-state index is 0.198. The minimum Gasteiger partial charge on any atom is -0.396 e. The fourth-order valence-electron chi connectivity index (χ4n) is 5.70. The molecule has 0 spiro atoms. The largest absolute Gasteiger partial charge is 0.396 e. The van der Waals surface area contributed by atoms with Gasteiger partial charge in [-0.25, -0.2) is 0 Å². The second kappa shape index (κ2) is 5.01. The van der Waals surface area contributed by atoms with Crippen LogP contribution in [0.5, 0.6) is 0 Å². The van der Waals surface area contributed by atoms with Gasteiger partial charge in [-0.3, -0.25) is 4.79 Å². The Labute approximate surface area is 121 Å². The van der Waals surface area contributed by atoms with Crippen LogP contribution in [0.25, 0.3) is 0 Å². The molecular formula is C17H27NO2. The lowest BCUT2D eigenvalue weighted by Gasteiger charge is -2.53. The van der Waals surface area contributed by atoms with E-state index < -0.39 is 0 Å². The second-order valence-electron chi connectivity index (χ2n) is 7.92. The first kappa shape index (κ1) is 13.1. The van der Waals surface area contributed by atoms with Crippen LogP contribution in [-0.2, 0) is 4.79 Å². The van der Waals surface area contributed by atoms with Gasteiger partial charge < -0.3 is 10.4 Å². The highest BCUT2D eigenvalue weighted by Gasteiger charge is 2.51. The van der Waals surface area contributed by atoms with Gasteiger partial charge in [0.05, 0.1) is 0 Å². The Bertz CT molecular complexity index is 362. The summed E-state index contributed by atoms with van der Waals surface area (Å²) in [6.07, 6.45) is 9.86. The Morgan fingerprint density at radius 1 is 1.05 bits per heavy atom. The lowest BCUT2D eigenvalue weighted by molar-refractivity contribution is -0.139. The van der Waals surface area contributed by atoms with Crippen molar-refractivity contribution in [3.05, 3.63) is 0 Å². The van der Waals surface area contributed by atoms with Crippen molar-refractivity contribution in [3.8, 4) is 0 Å². The van der Waals surface area contributed by atoms with E-state index in [1.165, 1.54) is 44.9 Å². The predicted octanol–water partition coefficient (Wildman–Crippen LogP) is 2.34. The Hall–Kier alpha value is -0.570. The number of carbonyl (C=O) groups excluding carboxylic acids is 1. The number of hydrogen-bond acceptors (Lipinski definition) is 2. The highest BCUT2D eigenvalue weighted by Crippen LogP contribution is 2.56. The minimum atomic E-state index is 0.198. The molecule has 0 heterocycles. The maximum Gasteiger partial charge on any atom is 0.223 e. The van der Waals surface area contributed by atoms with Gasteiger partial charge >= 0.3 is 0 Å². The number of aliphatic hydroxyl groups excluding tert-OH is 1. The van der Waals surface area contributed by atoms with E-state index in [0.29, 0.717) is 29.6 Å². The van der Waals surface area contributed by atoms with Gasteiger partial charge in [-0.1, -0.05) is 0 Å². The molecule has 5 rings (SSSR count). The quantitative estimate of drug-likeness (QED) is 0.810. The molecule has 0 aromatic heterocycles. The number of carbonyl (C=O) groups is 1. The standard InChI is InChI=1S/C17H27NO2/c19-4-3-15(12-1-2-12)18-17(20)16-13-6-10-5-11(8-13)9-14(16)7-10/h10-16,19H,1-9H2,(H,18,20). The number of rotatable bonds is 5. The molecule has 1 unspecified atom stereocenters. The van der Waals surface area contributed by atoms with Crippen molar-refractivity contribution in [2.45, 2.75) is 57.4 Å². The average molecular weight is 277 g/mol. The smallest absolute Gasteiger partial charge is 0.223 e. The highest BCUT2D eigenvalue weighted by atomic mass is 16.3. The molecule has 0 saturated heterocycles. The van der Waals surface area contributed by atoms with Gasteiger partial charge in [0.15, 0.2) is 0 Å². The number of aliphatic hydroxyl groups is 1. The normalized spacial score (nSPS) is 43.5. The third-order valence-electron chi connectivity index (χ3n) is 6.49. The Kier molecular flexibility index (Phi) is 3.29. The lowest BCUT2D eigenvalue weighted by atomic mass is 9.51. The summed E-state index contributed by atoms with van der Waals surface area (Å²) in [6.45, 7) is 0.198. The molecule has 3 heteroatoms. The van der Waals surface area contributed by atoms with Crippen LogP contribution in [0.4, 0.5) is 0 Å². The highest BCUT2D eigenvalue weighted by molar-refractivity contribution is 5.80. The molecule has 4 bridgehead atoms. The van der Waals surface area contributed by atoms with Crippen LogP contribution in [0, 0.1) is 35.5 Å². The first-order valence-corrected chi connectivity index (χ1v) is 8.65. The molecule has 0 radical (unpaired) electrons. The van der Waals surface area contributed by atoms with E-state index in [1.54, 1.807) is 0 Å². The maximum absolute atomic E-state index is 12.8. The Morgan fingerprint density at radius 3 is 2.15 bits per heavy atom. The molecule has 0 aromatic carbocycles. The van der Waals surface area contributed by atoms with Crippen LogP contribution < -0.4 is 5.32 Å². The Balaban J connectivity index is 1.43. The molecule has 1 atom stereocenters. The molecule has 5 aliphatic carbocycles. The molecule has 20 heavy (non-hydrogen) atoms. The van der Waals surface area contributed by atoms with Crippen molar-refractivity contribution in [3.63, 3.8) is 0 Å². The van der Waals surface area contributed by atoms with Crippen LogP contribution in [-0.4, -0.2) is 23.7 Å². The molecule has 5 fully saturated rings. The molecule has 5 aliphatic rings. The summed E-state index contributed by atoms with van der Waals surface area (Å²) in [4.78, 5) is 12.8. The summed E-state index contributed by atoms with van der Waals surface area (Å²) >= 11 is 0. The number of amides is 1. The molecule has 1 amide bonds. The van der Waals surface area contributed by atoms with Crippen molar-refractivity contribution in [1.29, 1.82) is 0 Å². The molecule has 5 saturated carbocycles. The van der Waals surface area contributed by atoms with Gasteiger partial charge in [-0.15, -0.1) is 0 Å². The summed E-state index contributed by atoms with van der Waals surface area (Å²) in [5.74, 6) is 4.45. The molecule has 2 N–H and O–H groups in total. The topological polar surface area (TPSA) is 49.3 Å². The van der Waals surface area contributed by atoms with Gasteiger partial charge in [-0.2, -0.15) is 0 Å². The summed E-state index contributed by atoms with van der Waals surface area (Å²) < 4.78 is 0. The Morgan fingerprint density at radius 2 is 1.65 bits per heavy atom. The summed E-state index contributed by atoms with van der Waals surface area (Å²) in [6, 6.07) is 0.240. The molecule has 112 valence electrons. The van der Waals surface area contributed by atoms with Crippen LogP contribution in [0.2, 0.25) is 0 Å². The zero-order valence-electron chi connectivity index (χ0n) is 12.3. The number of nitrogens with one attached hydrogen (secondary N) is 1. The van der Waals surface area contributed by atoms with Crippen molar-refractivity contribution in [2.75, 3.05) is 6.61 Å². The average Bonchev–Trinajstić information content (AvgIpc) is 3.21. The molecule has 0 aromatic rings. The summed E-state index contributed by atoms with van der Waals surface area (Å²) in [5, 5.41) is 12.5. The van der Waals surface area contributed by atoms with Crippen LogP contribution in [0.1, 0.15) is 51.4 Å².